The Hall–Kier alpha value is -2.27. The number of unbranched alkanes of at least 4 members (excludes halogenated alkanes) is 1. The molecule has 138 valence electrons. The van der Waals surface area contributed by atoms with E-state index in [1.807, 2.05) is 31.2 Å². The lowest BCUT2D eigenvalue weighted by Gasteiger charge is -2.10. The van der Waals surface area contributed by atoms with Gasteiger partial charge in [-0.25, -0.2) is 9.37 Å². The van der Waals surface area contributed by atoms with Gasteiger partial charge in [0, 0.05) is 6.54 Å². The molecule has 4 nitrogen and oxygen atoms in total. The molecule has 0 fully saturated rings. The zero-order valence-corrected chi connectivity index (χ0v) is 15.8. The standard InChI is InChI=1S/C20H23ClFN3O/c1-3-4-11-26-18-8-5-14(12-15(18)21)9-10-23-16-6-7-17-20(19(16)22)25-13(2)24-17/h5-8,12,23H,3-4,9-11H2,1-2H3,(H,24,25). The number of nitrogens with one attached hydrogen (secondary N) is 2. The highest BCUT2D eigenvalue weighted by Crippen LogP contribution is 2.26. The monoisotopic (exact) mass is 375 g/mol. The molecule has 0 unspecified atom stereocenters. The maximum absolute atomic E-state index is 14.5. The van der Waals surface area contributed by atoms with Crippen molar-refractivity contribution >= 4 is 28.3 Å². The van der Waals surface area contributed by atoms with E-state index in [1.165, 1.54) is 0 Å². The van der Waals surface area contributed by atoms with E-state index in [2.05, 4.69) is 22.2 Å². The molecule has 3 aromatic rings. The third-order valence-electron chi connectivity index (χ3n) is 4.19. The van der Waals surface area contributed by atoms with Gasteiger partial charge in [0.1, 0.15) is 17.1 Å². The molecule has 0 atom stereocenters. The highest BCUT2D eigenvalue weighted by Gasteiger charge is 2.10. The number of anilines is 1. The summed E-state index contributed by atoms with van der Waals surface area (Å²) in [6, 6.07) is 9.35. The van der Waals surface area contributed by atoms with Gasteiger partial charge in [-0.05, 0) is 49.6 Å². The summed E-state index contributed by atoms with van der Waals surface area (Å²) in [6.45, 7) is 5.20. The number of rotatable bonds is 8. The van der Waals surface area contributed by atoms with Gasteiger partial charge < -0.3 is 15.0 Å². The van der Waals surface area contributed by atoms with E-state index in [0.717, 1.165) is 24.8 Å². The second kappa shape index (κ2) is 8.41. The molecule has 0 radical (unpaired) electrons. The minimum absolute atomic E-state index is 0.329. The minimum atomic E-state index is -0.329. The molecule has 2 aromatic carbocycles. The van der Waals surface area contributed by atoms with Crippen LogP contribution in [0.4, 0.5) is 10.1 Å². The number of aromatic nitrogens is 2. The number of imidazole rings is 1. The Bertz CT molecular complexity index is 894. The summed E-state index contributed by atoms with van der Waals surface area (Å²) in [7, 11) is 0. The van der Waals surface area contributed by atoms with Crippen molar-refractivity contribution in [1.29, 1.82) is 0 Å². The molecule has 6 heteroatoms. The number of ether oxygens (including phenoxy) is 1. The van der Waals surface area contributed by atoms with Crippen LogP contribution in [0.3, 0.4) is 0 Å². The third kappa shape index (κ3) is 4.28. The first-order chi connectivity index (χ1) is 12.6. The molecule has 0 aliphatic carbocycles. The van der Waals surface area contributed by atoms with Crippen LogP contribution in [0.15, 0.2) is 30.3 Å². The summed E-state index contributed by atoms with van der Waals surface area (Å²) in [5.41, 5.74) is 2.59. The van der Waals surface area contributed by atoms with Crippen LogP contribution in [-0.4, -0.2) is 23.1 Å². The Balaban J connectivity index is 1.59. The second-order valence-electron chi connectivity index (χ2n) is 6.29. The van der Waals surface area contributed by atoms with Crippen molar-refractivity contribution in [3.8, 4) is 5.75 Å². The summed E-state index contributed by atoms with van der Waals surface area (Å²) >= 11 is 6.28. The first kappa shape index (κ1) is 18.5. The quantitative estimate of drug-likeness (QED) is 0.511. The van der Waals surface area contributed by atoms with Crippen molar-refractivity contribution in [2.75, 3.05) is 18.5 Å². The number of aromatic amines is 1. The van der Waals surface area contributed by atoms with E-state index in [0.29, 0.717) is 46.5 Å². The molecule has 0 aliphatic heterocycles. The Kier molecular flexibility index (Phi) is 5.99. The van der Waals surface area contributed by atoms with Gasteiger partial charge in [-0.2, -0.15) is 0 Å². The van der Waals surface area contributed by atoms with Crippen molar-refractivity contribution in [2.24, 2.45) is 0 Å². The predicted octanol–water partition coefficient (Wildman–Crippen LogP) is 5.50. The highest BCUT2D eigenvalue weighted by atomic mass is 35.5. The van der Waals surface area contributed by atoms with Gasteiger partial charge in [0.15, 0.2) is 5.82 Å². The Labute approximate surface area is 157 Å². The SMILES string of the molecule is CCCCOc1ccc(CCNc2ccc3[nH]c(C)nc3c2F)cc1Cl. The van der Waals surface area contributed by atoms with Gasteiger partial charge in [0.05, 0.1) is 22.8 Å². The van der Waals surface area contributed by atoms with Gasteiger partial charge in [0.25, 0.3) is 0 Å². The fourth-order valence-electron chi connectivity index (χ4n) is 2.79. The van der Waals surface area contributed by atoms with Gasteiger partial charge >= 0.3 is 0 Å². The molecule has 0 saturated heterocycles. The highest BCUT2D eigenvalue weighted by molar-refractivity contribution is 6.32. The minimum Gasteiger partial charge on any atom is -0.492 e. The Morgan fingerprint density at radius 3 is 2.88 bits per heavy atom. The molecule has 0 saturated carbocycles. The summed E-state index contributed by atoms with van der Waals surface area (Å²) in [6.07, 6.45) is 2.82. The van der Waals surface area contributed by atoms with Crippen molar-refractivity contribution in [2.45, 2.75) is 33.1 Å². The first-order valence-electron chi connectivity index (χ1n) is 8.88. The van der Waals surface area contributed by atoms with Crippen LogP contribution in [0.2, 0.25) is 5.02 Å². The van der Waals surface area contributed by atoms with Crippen LogP contribution in [0, 0.1) is 12.7 Å². The lowest BCUT2D eigenvalue weighted by molar-refractivity contribution is 0.309. The number of benzene rings is 2. The summed E-state index contributed by atoms with van der Waals surface area (Å²) in [4.78, 5) is 7.22. The molecule has 1 aromatic heterocycles. The number of aryl methyl sites for hydroxylation is 1. The fourth-order valence-corrected chi connectivity index (χ4v) is 3.04. The molecule has 0 amide bonds. The zero-order valence-electron chi connectivity index (χ0n) is 15.0. The number of nitrogens with zero attached hydrogens (tertiary/aromatic N) is 1. The van der Waals surface area contributed by atoms with E-state index in [9.17, 15) is 4.39 Å². The molecule has 0 spiro atoms. The fraction of sp³-hybridized carbons (Fsp3) is 0.350. The topological polar surface area (TPSA) is 49.9 Å². The van der Waals surface area contributed by atoms with Gasteiger partial charge in [0.2, 0.25) is 0 Å². The van der Waals surface area contributed by atoms with Gasteiger partial charge in [-0.1, -0.05) is 31.0 Å². The van der Waals surface area contributed by atoms with E-state index >= 15 is 0 Å². The number of halogens is 2. The predicted molar refractivity (Wildman–Crippen MR) is 105 cm³/mol. The van der Waals surface area contributed by atoms with E-state index in [-0.39, 0.29) is 5.82 Å². The van der Waals surface area contributed by atoms with Crippen LogP contribution >= 0.6 is 11.6 Å². The average molecular weight is 376 g/mol. The van der Waals surface area contributed by atoms with Crippen molar-refractivity contribution in [3.05, 3.63) is 52.6 Å². The van der Waals surface area contributed by atoms with Crippen molar-refractivity contribution in [3.63, 3.8) is 0 Å². The molecule has 3 rings (SSSR count). The number of H-pyrrole nitrogens is 1. The lowest BCUT2D eigenvalue weighted by Crippen LogP contribution is -2.07. The van der Waals surface area contributed by atoms with Crippen molar-refractivity contribution in [1.82, 2.24) is 9.97 Å². The van der Waals surface area contributed by atoms with E-state index in [1.54, 1.807) is 6.07 Å². The van der Waals surface area contributed by atoms with Crippen molar-refractivity contribution < 1.29 is 9.13 Å². The smallest absolute Gasteiger partial charge is 0.174 e. The third-order valence-corrected chi connectivity index (χ3v) is 4.49. The summed E-state index contributed by atoms with van der Waals surface area (Å²) < 4.78 is 20.1. The van der Waals surface area contributed by atoms with Gasteiger partial charge in [-0.15, -0.1) is 0 Å². The molecular formula is C20H23ClFN3O. The van der Waals surface area contributed by atoms with Crippen LogP contribution in [-0.2, 0) is 6.42 Å². The largest absolute Gasteiger partial charge is 0.492 e. The molecule has 0 aliphatic rings. The van der Waals surface area contributed by atoms with E-state index in [4.69, 9.17) is 16.3 Å². The maximum atomic E-state index is 14.5. The molecule has 2 N–H and O–H groups in total. The summed E-state index contributed by atoms with van der Waals surface area (Å²) in [5.74, 6) is 1.08. The van der Waals surface area contributed by atoms with Crippen LogP contribution in [0.1, 0.15) is 31.2 Å². The number of fused-ring (bicyclic) bond motifs is 1. The molecular weight excluding hydrogens is 353 g/mol. The van der Waals surface area contributed by atoms with E-state index < -0.39 is 0 Å². The molecule has 26 heavy (non-hydrogen) atoms. The summed E-state index contributed by atoms with van der Waals surface area (Å²) in [5, 5.41) is 3.75. The molecule has 1 heterocycles. The Morgan fingerprint density at radius 1 is 1.27 bits per heavy atom. The first-order valence-corrected chi connectivity index (χ1v) is 9.26. The number of hydrogen-bond donors (Lipinski definition) is 2. The van der Waals surface area contributed by atoms with Crippen LogP contribution in [0.25, 0.3) is 11.0 Å². The Morgan fingerprint density at radius 2 is 2.12 bits per heavy atom. The number of hydrogen-bond acceptors (Lipinski definition) is 3. The van der Waals surface area contributed by atoms with Gasteiger partial charge in [-0.3, -0.25) is 0 Å². The average Bonchev–Trinajstić information content (AvgIpc) is 3.00. The normalized spacial score (nSPS) is 11.1. The molecule has 0 bridgehead atoms. The maximum Gasteiger partial charge on any atom is 0.174 e. The lowest BCUT2D eigenvalue weighted by atomic mass is 10.1. The van der Waals surface area contributed by atoms with Crippen LogP contribution in [0.5, 0.6) is 5.75 Å². The van der Waals surface area contributed by atoms with Crippen LogP contribution < -0.4 is 10.1 Å². The second-order valence-corrected chi connectivity index (χ2v) is 6.70. The zero-order chi connectivity index (χ0) is 18.5.